The summed E-state index contributed by atoms with van der Waals surface area (Å²) in [5, 5.41) is 18.5. The van der Waals surface area contributed by atoms with E-state index in [4.69, 9.17) is 44.8 Å². The van der Waals surface area contributed by atoms with E-state index in [1.54, 1.807) is 6.33 Å². The first-order valence-corrected chi connectivity index (χ1v) is 14.9. The lowest BCUT2D eigenvalue weighted by Gasteiger charge is -2.13. The standard InChI is InChI=1S/C17H12Cl2N4.C16H11ClN4/c1-10-21-22-16-9-20-17(12-4-2-3-5-14(12)19)13-8-11(18)6-7-15(13)23(10)16;17-12-6-7-14-13(8-12)16(11-4-2-1-3-5-11)18-9-15-20-19-10-21(14)15/h2-8H,9H2,1H3;1-8,10H,9H2. The molecule has 11 heteroatoms. The summed E-state index contributed by atoms with van der Waals surface area (Å²) in [7, 11) is 0. The first-order chi connectivity index (χ1) is 21.5. The molecule has 2 aromatic heterocycles. The molecule has 0 radical (unpaired) electrons. The number of rotatable bonds is 2. The van der Waals surface area contributed by atoms with Crippen LogP contribution in [-0.2, 0) is 13.1 Å². The highest BCUT2D eigenvalue weighted by Crippen LogP contribution is 2.30. The minimum Gasteiger partial charge on any atom is -0.283 e. The van der Waals surface area contributed by atoms with Gasteiger partial charge < -0.3 is 0 Å². The maximum absolute atomic E-state index is 6.39. The van der Waals surface area contributed by atoms with Crippen LogP contribution in [0.15, 0.2) is 107 Å². The van der Waals surface area contributed by atoms with Crippen LogP contribution in [0.5, 0.6) is 0 Å². The van der Waals surface area contributed by atoms with Crippen molar-refractivity contribution in [2.45, 2.75) is 20.0 Å². The van der Waals surface area contributed by atoms with Gasteiger partial charge in [0.15, 0.2) is 11.6 Å². The molecular formula is C33H23Cl3N8. The lowest BCUT2D eigenvalue weighted by atomic mass is 10.0. The van der Waals surface area contributed by atoms with Crippen molar-refractivity contribution in [3.8, 4) is 11.4 Å². The normalized spacial score (nSPS) is 13.1. The second-order valence-corrected chi connectivity index (χ2v) is 11.4. The Morgan fingerprint density at radius 2 is 1.27 bits per heavy atom. The van der Waals surface area contributed by atoms with E-state index in [9.17, 15) is 0 Å². The Morgan fingerprint density at radius 1 is 0.614 bits per heavy atom. The molecule has 8 rings (SSSR count). The van der Waals surface area contributed by atoms with Gasteiger partial charge in [0.05, 0.1) is 22.8 Å². The highest BCUT2D eigenvalue weighted by molar-refractivity contribution is 6.36. The van der Waals surface area contributed by atoms with Crippen LogP contribution in [0.4, 0.5) is 0 Å². The smallest absolute Gasteiger partial charge is 0.159 e. The molecule has 0 atom stereocenters. The van der Waals surface area contributed by atoms with Gasteiger partial charge in [-0.15, -0.1) is 20.4 Å². The number of aliphatic imine (C=N–C) groups is 2. The average molecular weight is 638 g/mol. The molecule has 0 spiro atoms. The number of aromatic nitrogens is 6. The number of benzene rings is 4. The maximum atomic E-state index is 6.39. The molecule has 4 heterocycles. The van der Waals surface area contributed by atoms with Crippen molar-refractivity contribution >= 4 is 46.2 Å². The molecule has 0 saturated carbocycles. The van der Waals surface area contributed by atoms with Crippen molar-refractivity contribution < 1.29 is 0 Å². The number of fused-ring (bicyclic) bond motifs is 6. The van der Waals surface area contributed by atoms with Gasteiger partial charge in [-0.2, -0.15) is 0 Å². The van der Waals surface area contributed by atoms with E-state index >= 15 is 0 Å². The summed E-state index contributed by atoms with van der Waals surface area (Å²) in [6, 6.07) is 29.3. The zero-order valence-electron chi connectivity index (χ0n) is 23.4. The molecule has 44 heavy (non-hydrogen) atoms. The monoisotopic (exact) mass is 636 g/mol. The van der Waals surface area contributed by atoms with Crippen LogP contribution >= 0.6 is 34.8 Å². The van der Waals surface area contributed by atoms with E-state index in [0.717, 1.165) is 62.5 Å². The topological polar surface area (TPSA) is 86.1 Å². The van der Waals surface area contributed by atoms with Crippen LogP contribution in [0.3, 0.4) is 0 Å². The Hall–Kier alpha value is -4.63. The van der Waals surface area contributed by atoms with Crippen LogP contribution < -0.4 is 0 Å². The molecule has 0 bridgehead atoms. The largest absolute Gasteiger partial charge is 0.283 e. The van der Waals surface area contributed by atoms with Gasteiger partial charge in [-0.1, -0.05) is 83.3 Å². The minimum absolute atomic E-state index is 0.438. The fourth-order valence-corrected chi connectivity index (χ4v) is 5.96. The molecule has 0 aliphatic carbocycles. The van der Waals surface area contributed by atoms with Crippen molar-refractivity contribution in [3.05, 3.63) is 152 Å². The maximum Gasteiger partial charge on any atom is 0.159 e. The summed E-state index contributed by atoms with van der Waals surface area (Å²) in [4.78, 5) is 9.47. The zero-order valence-corrected chi connectivity index (χ0v) is 25.6. The molecule has 4 aromatic carbocycles. The second-order valence-electron chi connectivity index (χ2n) is 10.1. The quantitative estimate of drug-likeness (QED) is 0.197. The van der Waals surface area contributed by atoms with Crippen LogP contribution in [-0.4, -0.2) is 41.0 Å². The number of halogens is 3. The molecule has 2 aliphatic heterocycles. The Balaban J connectivity index is 0.000000143. The molecule has 0 fully saturated rings. The van der Waals surface area contributed by atoms with Gasteiger partial charge in [0, 0.05) is 37.3 Å². The lowest BCUT2D eigenvalue weighted by molar-refractivity contribution is 0.862. The van der Waals surface area contributed by atoms with Crippen molar-refractivity contribution in [1.82, 2.24) is 29.5 Å². The molecule has 0 saturated heterocycles. The summed E-state index contributed by atoms with van der Waals surface area (Å²) in [6.07, 6.45) is 1.71. The fraction of sp³-hybridized carbons (Fsp3) is 0.0909. The third-order valence-corrected chi connectivity index (χ3v) is 8.17. The predicted octanol–water partition coefficient (Wildman–Crippen LogP) is 7.51. The fourth-order valence-electron chi connectivity index (χ4n) is 5.39. The van der Waals surface area contributed by atoms with Crippen molar-refractivity contribution in [3.63, 3.8) is 0 Å². The first kappa shape index (κ1) is 28.2. The van der Waals surface area contributed by atoms with Gasteiger partial charge in [0.25, 0.3) is 0 Å². The number of aryl methyl sites for hydroxylation is 1. The van der Waals surface area contributed by atoms with Crippen molar-refractivity contribution in [2.75, 3.05) is 0 Å². The molecule has 216 valence electrons. The molecule has 0 unspecified atom stereocenters. The van der Waals surface area contributed by atoms with Crippen molar-refractivity contribution in [2.24, 2.45) is 9.98 Å². The Kier molecular flexibility index (Phi) is 7.56. The third kappa shape index (κ3) is 5.21. The van der Waals surface area contributed by atoms with Crippen LogP contribution in [0.1, 0.15) is 39.7 Å². The van der Waals surface area contributed by atoms with E-state index in [0.29, 0.717) is 28.2 Å². The summed E-state index contributed by atoms with van der Waals surface area (Å²) < 4.78 is 3.98. The zero-order chi connectivity index (χ0) is 30.2. The summed E-state index contributed by atoms with van der Waals surface area (Å²) in [5.41, 5.74) is 7.58. The van der Waals surface area contributed by atoms with E-state index < -0.39 is 0 Å². The van der Waals surface area contributed by atoms with Gasteiger partial charge in [0.2, 0.25) is 0 Å². The Labute approximate surface area is 268 Å². The van der Waals surface area contributed by atoms with Gasteiger partial charge in [-0.05, 0) is 49.4 Å². The molecule has 2 aliphatic rings. The summed E-state index contributed by atoms with van der Waals surface area (Å²) in [5.74, 6) is 2.44. The summed E-state index contributed by atoms with van der Waals surface area (Å²) >= 11 is 18.8. The lowest BCUT2D eigenvalue weighted by Crippen LogP contribution is -2.08. The molecule has 6 aromatic rings. The highest BCUT2D eigenvalue weighted by atomic mass is 35.5. The first-order valence-electron chi connectivity index (χ1n) is 13.8. The average Bonchev–Trinajstić information content (AvgIpc) is 3.57. The third-order valence-electron chi connectivity index (χ3n) is 7.37. The van der Waals surface area contributed by atoms with E-state index in [1.165, 1.54) is 0 Å². The Bertz CT molecular complexity index is 2080. The van der Waals surface area contributed by atoms with Gasteiger partial charge in [0.1, 0.15) is 25.2 Å². The number of nitrogens with zero attached hydrogens (tertiary/aromatic N) is 8. The summed E-state index contributed by atoms with van der Waals surface area (Å²) in [6.45, 7) is 2.86. The van der Waals surface area contributed by atoms with Crippen LogP contribution in [0.2, 0.25) is 15.1 Å². The molecule has 8 nitrogen and oxygen atoms in total. The van der Waals surface area contributed by atoms with Gasteiger partial charge in [-0.3, -0.25) is 19.1 Å². The SMILES string of the molecule is Cc1nnc2n1-c1ccc(Cl)cc1C(c1ccccc1Cl)=NC2.Clc1ccc2c(c1)C(c1ccccc1)=NCc1nncn1-2. The van der Waals surface area contributed by atoms with Gasteiger partial charge >= 0.3 is 0 Å². The van der Waals surface area contributed by atoms with E-state index in [1.807, 2.05) is 94.9 Å². The predicted molar refractivity (Wildman–Crippen MR) is 174 cm³/mol. The van der Waals surface area contributed by atoms with Crippen LogP contribution in [0.25, 0.3) is 11.4 Å². The molecular weight excluding hydrogens is 615 g/mol. The van der Waals surface area contributed by atoms with Crippen molar-refractivity contribution in [1.29, 1.82) is 0 Å². The number of hydrogen-bond acceptors (Lipinski definition) is 6. The van der Waals surface area contributed by atoms with Gasteiger partial charge in [-0.25, -0.2) is 0 Å². The molecule has 0 N–H and O–H groups in total. The second kappa shape index (κ2) is 11.8. The molecule has 0 amide bonds. The van der Waals surface area contributed by atoms with E-state index in [-0.39, 0.29) is 0 Å². The Morgan fingerprint density at radius 3 is 2.05 bits per heavy atom. The minimum atomic E-state index is 0.438. The highest BCUT2D eigenvalue weighted by Gasteiger charge is 2.23. The number of hydrogen-bond donors (Lipinski definition) is 0. The van der Waals surface area contributed by atoms with Crippen LogP contribution in [0, 0.1) is 6.92 Å². The van der Waals surface area contributed by atoms with E-state index in [2.05, 4.69) is 32.5 Å².